The van der Waals surface area contributed by atoms with Gasteiger partial charge in [-0.1, -0.05) is 24.3 Å². The fraction of sp³-hybridized carbons (Fsp3) is 0.172. The molecule has 4 aromatic rings. The van der Waals surface area contributed by atoms with Crippen LogP contribution in [0.1, 0.15) is 11.1 Å². The maximum absolute atomic E-state index is 14.5. The van der Waals surface area contributed by atoms with Crippen LogP contribution in [0.4, 0.5) is 52.7 Å². The lowest BCUT2D eigenvalue weighted by Crippen LogP contribution is -2.54. The molecule has 0 unspecified atom stereocenters. The molecule has 0 spiro atoms. The van der Waals surface area contributed by atoms with Gasteiger partial charge in [-0.05, 0) is 83.9 Å². The summed E-state index contributed by atoms with van der Waals surface area (Å²) in [6.07, 6.45) is -12.0. The van der Waals surface area contributed by atoms with Crippen molar-refractivity contribution in [3.05, 3.63) is 108 Å². The highest BCUT2D eigenvalue weighted by Crippen LogP contribution is 2.56. The number of halogens is 12. The van der Waals surface area contributed by atoms with Crippen LogP contribution in [0.15, 0.2) is 107 Å². The van der Waals surface area contributed by atoms with E-state index < -0.39 is 69.4 Å². The molecule has 20 heteroatoms. The van der Waals surface area contributed by atoms with Gasteiger partial charge in [-0.3, -0.25) is 0 Å². The monoisotopic (exact) mass is 752 g/mol. The molecular formula is C29H16F12O6S2. The van der Waals surface area contributed by atoms with Crippen molar-refractivity contribution in [2.75, 3.05) is 0 Å². The van der Waals surface area contributed by atoms with E-state index in [1.54, 1.807) is 0 Å². The molecule has 0 aromatic heterocycles. The summed E-state index contributed by atoms with van der Waals surface area (Å²) < 4.78 is 220. The number of hydrogen-bond acceptors (Lipinski definition) is 6. The van der Waals surface area contributed by atoms with Crippen LogP contribution in [-0.2, 0) is 25.1 Å². The van der Waals surface area contributed by atoms with Crippen molar-refractivity contribution >= 4 is 19.7 Å². The molecule has 49 heavy (non-hydrogen) atoms. The van der Waals surface area contributed by atoms with E-state index >= 15 is 0 Å². The second kappa shape index (κ2) is 12.5. The van der Waals surface area contributed by atoms with E-state index in [1.807, 2.05) is 0 Å². The molecule has 0 N–H and O–H groups in total. The highest BCUT2D eigenvalue weighted by atomic mass is 32.2. The third kappa shape index (κ3) is 7.01. The van der Waals surface area contributed by atoms with Crippen molar-refractivity contribution in [2.24, 2.45) is 0 Å². The normalized spacial score (nSPS) is 13.6. The summed E-state index contributed by atoms with van der Waals surface area (Å²) >= 11 is 0. The van der Waals surface area contributed by atoms with Crippen LogP contribution < -0.4 is 9.47 Å². The molecule has 0 amide bonds. The first-order valence-corrected chi connectivity index (χ1v) is 15.8. The van der Waals surface area contributed by atoms with E-state index in [-0.39, 0.29) is 23.0 Å². The smallest absolute Gasteiger partial charge is 0.457 e. The molecule has 4 aromatic carbocycles. The highest BCUT2D eigenvalue weighted by Gasteiger charge is 2.72. The van der Waals surface area contributed by atoms with Crippen LogP contribution in [0, 0.1) is 0 Å². The molecule has 0 heterocycles. The van der Waals surface area contributed by atoms with Gasteiger partial charge in [0.05, 0.1) is 9.79 Å². The maximum atomic E-state index is 14.5. The Balaban J connectivity index is 1.63. The first-order valence-electron chi connectivity index (χ1n) is 12.9. The largest absolute Gasteiger partial charge is 0.501 e. The molecule has 6 nitrogen and oxygen atoms in total. The summed E-state index contributed by atoms with van der Waals surface area (Å²) in [5.41, 5.74) is -18.5. The standard InChI is InChI=1S/C29H16F12O6S2/c30-26(31,32)25(27(33,34)35,17-1-5-19(6-2-17)46-21-9-13-23(14-10-21)48(42,43)28(36,37)38)18-3-7-20(8-4-18)47-22-11-15-24(16-12-22)49(44,45)29(39,40)41/h1-16H. The second-order valence-corrected chi connectivity index (χ2v) is 13.7. The fourth-order valence-corrected chi connectivity index (χ4v) is 5.96. The average molecular weight is 753 g/mol. The van der Waals surface area contributed by atoms with Gasteiger partial charge in [0.25, 0.3) is 19.7 Å². The number of ether oxygens (including phenoxy) is 2. The van der Waals surface area contributed by atoms with E-state index in [1.165, 1.54) is 0 Å². The Hall–Kier alpha value is -4.46. The van der Waals surface area contributed by atoms with Crippen molar-refractivity contribution in [1.29, 1.82) is 0 Å². The number of hydrogen-bond donors (Lipinski definition) is 0. The molecule has 264 valence electrons. The molecule has 0 radical (unpaired) electrons. The quantitative estimate of drug-likeness (QED) is 0.167. The minimum Gasteiger partial charge on any atom is -0.457 e. The first-order chi connectivity index (χ1) is 22.3. The number of rotatable bonds is 8. The zero-order valence-electron chi connectivity index (χ0n) is 23.5. The van der Waals surface area contributed by atoms with E-state index in [0.717, 1.165) is 24.3 Å². The topological polar surface area (TPSA) is 86.7 Å². The Morgan fingerprint density at radius 1 is 0.367 bits per heavy atom. The minimum atomic E-state index is -6.02. The predicted molar refractivity (Wildman–Crippen MR) is 145 cm³/mol. The molecule has 0 fully saturated rings. The Kier molecular flexibility index (Phi) is 9.50. The minimum absolute atomic E-state index is 0.306. The van der Waals surface area contributed by atoms with Crippen molar-refractivity contribution in [3.63, 3.8) is 0 Å². The summed E-state index contributed by atoms with van der Waals surface area (Å²) in [6.45, 7) is 0. The SMILES string of the molecule is O=S(=O)(c1ccc(Oc2ccc(C(c3ccc(Oc4ccc(S(=O)(=O)C(F)(F)F)cc4)cc3)(C(F)(F)F)C(F)(F)F)cc2)cc1)C(F)(F)F. The van der Waals surface area contributed by atoms with Crippen LogP contribution in [0.25, 0.3) is 0 Å². The van der Waals surface area contributed by atoms with Gasteiger partial charge in [0.1, 0.15) is 23.0 Å². The predicted octanol–water partition coefficient (Wildman–Crippen LogP) is 9.27. The molecule has 0 aliphatic carbocycles. The average Bonchev–Trinajstić information content (AvgIpc) is 2.97. The number of alkyl halides is 12. The maximum Gasteiger partial charge on any atom is 0.501 e. The Labute approximate surface area is 268 Å². The molecule has 0 saturated carbocycles. The molecule has 0 bridgehead atoms. The van der Waals surface area contributed by atoms with Gasteiger partial charge < -0.3 is 9.47 Å². The Morgan fingerprint density at radius 2 is 0.592 bits per heavy atom. The molecule has 0 atom stereocenters. The molecule has 0 aliphatic heterocycles. The molecular weight excluding hydrogens is 736 g/mol. The van der Waals surface area contributed by atoms with E-state index in [9.17, 15) is 69.5 Å². The van der Waals surface area contributed by atoms with Gasteiger partial charge in [0.15, 0.2) is 0 Å². The number of sulfone groups is 2. The third-order valence-corrected chi connectivity index (χ3v) is 9.78. The summed E-state index contributed by atoms with van der Waals surface area (Å²) in [6, 6.07) is 9.88. The van der Waals surface area contributed by atoms with Crippen LogP contribution in [0.3, 0.4) is 0 Å². The fourth-order valence-electron chi connectivity index (χ4n) is 4.44. The Bertz CT molecular complexity index is 1850. The van der Waals surface area contributed by atoms with Crippen molar-refractivity contribution < 1.29 is 79.0 Å². The van der Waals surface area contributed by atoms with Crippen LogP contribution in [0.2, 0.25) is 0 Å². The van der Waals surface area contributed by atoms with E-state index in [0.29, 0.717) is 72.8 Å². The van der Waals surface area contributed by atoms with Crippen molar-refractivity contribution in [2.45, 2.75) is 38.6 Å². The summed E-state index contributed by atoms with van der Waals surface area (Å²) in [5, 5.41) is 0. The number of benzene rings is 4. The second-order valence-electron chi connectivity index (χ2n) is 9.84. The van der Waals surface area contributed by atoms with Gasteiger partial charge >= 0.3 is 23.4 Å². The van der Waals surface area contributed by atoms with E-state index in [4.69, 9.17) is 9.47 Å². The zero-order chi connectivity index (χ0) is 36.8. The van der Waals surface area contributed by atoms with E-state index in [2.05, 4.69) is 0 Å². The third-order valence-electron chi connectivity index (χ3n) is 6.77. The van der Waals surface area contributed by atoms with Crippen LogP contribution in [0.5, 0.6) is 23.0 Å². The lowest BCUT2D eigenvalue weighted by Gasteiger charge is -2.38. The van der Waals surface area contributed by atoms with Crippen molar-refractivity contribution in [1.82, 2.24) is 0 Å². The molecule has 4 rings (SSSR count). The summed E-state index contributed by atoms with van der Waals surface area (Å²) in [7, 11) is -11.4. The zero-order valence-corrected chi connectivity index (χ0v) is 25.2. The van der Waals surface area contributed by atoms with Gasteiger partial charge in [0.2, 0.25) is 5.41 Å². The van der Waals surface area contributed by atoms with Crippen LogP contribution >= 0.6 is 0 Å². The van der Waals surface area contributed by atoms with Gasteiger partial charge in [-0.25, -0.2) is 16.8 Å². The molecule has 0 saturated heterocycles. The first kappa shape index (κ1) is 37.4. The summed E-state index contributed by atoms with van der Waals surface area (Å²) in [5.74, 6) is -1.35. The van der Waals surface area contributed by atoms with Crippen molar-refractivity contribution in [3.8, 4) is 23.0 Å². The van der Waals surface area contributed by atoms with Gasteiger partial charge in [0, 0.05) is 0 Å². The Morgan fingerprint density at radius 3 is 0.796 bits per heavy atom. The van der Waals surface area contributed by atoms with Crippen LogP contribution in [-0.4, -0.2) is 40.2 Å². The highest BCUT2D eigenvalue weighted by molar-refractivity contribution is 7.92. The summed E-state index contributed by atoms with van der Waals surface area (Å²) in [4.78, 5) is -2.29. The lowest BCUT2D eigenvalue weighted by atomic mass is 9.73. The lowest BCUT2D eigenvalue weighted by molar-refractivity contribution is -0.288. The van der Waals surface area contributed by atoms with Gasteiger partial charge in [-0.2, -0.15) is 52.7 Å². The molecule has 0 aliphatic rings. The van der Waals surface area contributed by atoms with Gasteiger partial charge in [-0.15, -0.1) is 0 Å².